The Morgan fingerprint density at radius 3 is 2.27 bits per heavy atom. The molecule has 0 aromatic heterocycles. The van der Waals surface area contributed by atoms with Crippen molar-refractivity contribution >= 4 is 11.9 Å². The lowest BCUT2D eigenvalue weighted by molar-refractivity contribution is -0.142. The number of aliphatic carboxylic acids is 1. The molecule has 1 rings (SSSR count). The number of hydrogen-bond acceptors (Lipinski definition) is 3. The van der Waals surface area contributed by atoms with Crippen molar-refractivity contribution in [3.8, 4) is 0 Å². The van der Waals surface area contributed by atoms with Gasteiger partial charge in [0.15, 0.2) is 0 Å². The van der Waals surface area contributed by atoms with Crippen molar-refractivity contribution in [2.45, 2.75) is 39.7 Å². The lowest BCUT2D eigenvalue weighted by Gasteiger charge is -2.26. The third kappa shape index (κ3) is 6.26. The summed E-state index contributed by atoms with van der Waals surface area (Å²) in [6.45, 7) is 6.89. The van der Waals surface area contributed by atoms with Crippen LogP contribution in [0.15, 0.2) is 24.3 Å². The number of carboxylic acid groups (broad SMARTS) is 1. The molecule has 0 radical (unpaired) electrons. The Balaban J connectivity index is 2.58. The summed E-state index contributed by atoms with van der Waals surface area (Å²) in [4.78, 5) is 24.0. The first-order valence-corrected chi connectivity index (χ1v) is 7.73. The number of rotatable bonds is 9. The van der Waals surface area contributed by atoms with E-state index in [1.807, 2.05) is 4.90 Å². The predicted molar refractivity (Wildman–Crippen MR) is 86.9 cm³/mol. The minimum Gasteiger partial charge on any atom is -0.480 e. The minimum absolute atomic E-state index is 0.0990. The molecule has 0 heterocycles. The summed E-state index contributed by atoms with van der Waals surface area (Å²) in [6, 6.07) is 7.84. The second-order valence-corrected chi connectivity index (χ2v) is 5.45. The number of carbonyl (C=O) groups excluding carboxylic acids is 1. The van der Waals surface area contributed by atoms with E-state index in [2.05, 4.69) is 36.5 Å². The molecule has 0 fully saturated rings. The Hall–Kier alpha value is -1.88. The fourth-order valence-corrected chi connectivity index (χ4v) is 2.25. The van der Waals surface area contributed by atoms with Crippen LogP contribution in [-0.4, -0.2) is 47.6 Å². The molecule has 1 amide bonds. The van der Waals surface area contributed by atoms with Gasteiger partial charge in [-0.3, -0.25) is 14.5 Å². The first kappa shape index (κ1) is 18.2. The maximum absolute atomic E-state index is 11.2. The number of nitrogens with zero attached hydrogens (tertiary/aromatic N) is 1. The molecule has 0 aliphatic heterocycles. The third-order valence-corrected chi connectivity index (χ3v) is 3.80. The summed E-state index contributed by atoms with van der Waals surface area (Å²) in [5.41, 5.74) is 2.49. The van der Waals surface area contributed by atoms with Crippen molar-refractivity contribution in [3.05, 3.63) is 35.4 Å². The zero-order chi connectivity index (χ0) is 16.5. The van der Waals surface area contributed by atoms with Gasteiger partial charge in [0.1, 0.15) is 6.04 Å². The van der Waals surface area contributed by atoms with Crippen LogP contribution in [0, 0.1) is 0 Å². The quantitative estimate of drug-likeness (QED) is 0.728. The lowest BCUT2D eigenvalue weighted by Crippen LogP contribution is -2.44. The highest BCUT2D eigenvalue weighted by Gasteiger charge is 2.19. The van der Waals surface area contributed by atoms with Crippen LogP contribution in [-0.2, 0) is 22.4 Å². The highest BCUT2D eigenvalue weighted by atomic mass is 16.4. The average Bonchev–Trinajstić information content (AvgIpc) is 2.50. The number of hydrogen-bond donors (Lipinski definition) is 2. The number of amides is 1. The molecule has 1 aromatic rings. The van der Waals surface area contributed by atoms with E-state index < -0.39 is 12.0 Å². The van der Waals surface area contributed by atoms with Crippen molar-refractivity contribution in [1.29, 1.82) is 0 Å². The van der Waals surface area contributed by atoms with Gasteiger partial charge in [-0.25, -0.2) is 0 Å². The Morgan fingerprint density at radius 1 is 1.18 bits per heavy atom. The molecule has 1 atom stereocenters. The standard InChI is InChI=1S/C17H26N2O3/c1-4-15-5-7-16(8-6-15)9-11-19(13(2)17(21)22)12-10-18-14(3)20/h5-8,13H,4,9-12H2,1-3H3,(H,18,20)(H,21,22). The summed E-state index contributed by atoms with van der Waals surface area (Å²) in [5.74, 6) is -0.942. The van der Waals surface area contributed by atoms with Crippen LogP contribution in [0.4, 0.5) is 0 Å². The second-order valence-electron chi connectivity index (χ2n) is 5.45. The SMILES string of the molecule is CCc1ccc(CCN(CCNC(C)=O)C(C)C(=O)O)cc1. The third-order valence-electron chi connectivity index (χ3n) is 3.80. The first-order chi connectivity index (χ1) is 10.4. The molecular weight excluding hydrogens is 280 g/mol. The molecule has 0 spiro atoms. The normalized spacial score (nSPS) is 12.2. The maximum Gasteiger partial charge on any atom is 0.320 e. The Bertz CT molecular complexity index is 485. The number of carbonyl (C=O) groups is 2. The van der Waals surface area contributed by atoms with Gasteiger partial charge in [-0.05, 0) is 30.9 Å². The second kappa shape index (κ2) is 9.20. The number of nitrogens with one attached hydrogen (secondary N) is 1. The highest BCUT2D eigenvalue weighted by molar-refractivity contribution is 5.73. The molecule has 0 aliphatic rings. The summed E-state index contributed by atoms with van der Waals surface area (Å²) >= 11 is 0. The van der Waals surface area contributed by atoms with Gasteiger partial charge in [-0.1, -0.05) is 31.2 Å². The van der Waals surface area contributed by atoms with Crippen LogP contribution in [0.3, 0.4) is 0 Å². The van der Waals surface area contributed by atoms with Gasteiger partial charge in [0.05, 0.1) is 0 Å². The van der Waals surface area contributed by atoms with Gasteiger partial charge in [0.2, 0.25) is 5.91 Å². The van der Waals surface area contributed by atoms with Crippen LogP contribution >= 0.6 is 0 Å². The zero-order valence-electron chi connectivity index (χ0n) is 13.6. The molecule has 0 saturated carbocycles. The van der Waals surface area contributed by atoms with Crippen LogP contribution in [0.25, 0.3) is 0 Å². The van der Waals surface area contributed by atoms with Crippen molar-refractivity contribution in [3.63, 3.8) is 0 Å². The molecule has 1 aromatic carbocycles. The van der Waals surface area contributed by atoms with Crippen LogP contribution in [0.1, 0.15) is 31.9 Å². The number of benzene rings is 1. The summed E-state index contributed by atoms with van der Waals surface area (Å²) in [6.07, 6.45) is 1.81. The van der Waals surface area contributed by atoms with E-state index in [1.165, 1.54) is 18.1 Å². The molecule has 1 unspecified atom stereocenters. The van der Waals surface area contributed by atoms with Gasteiger partial charge >= 0.3 is 5.97 Å². The predicted octanol–water partition coefficient (Wildman–Crippen LogP) is 1.70. The summed E-state index contributed by atoms with van der Waals surface area (Å²) in [7, 11) is 0. The van der Waals surface area contributed by atoms with Gasteiger partial charge < -0.3 is 10.4 Å². The molecule has 122 valence electrons. The van der Waals surface area contributed by atoms with E-state index >= 15 is 0 Å². The van der Waals surface area contributed by atoms with Crippen molar-refractivity contribution in [2.75, 3.05) is 19.6 Å². The van der Waals surface area contributed by atoms with Gasteiger partial charge in [-0.2, -0.15) is 0 Å². The monoisotopic (exact) mass is 306 g/mol. The zero-order valence-corrected chi connectivity index (χ0v) is 13.6. The maximum atomic E-state index is 11.2. The Kier molecular flexibility index (Phi) is 7.60. The van der Waals surface area contributed by atoms with Crippen molar-refractivity contribution in [2.24, 2.45) is 0 Å². The van der Waals surface area contributed by atoms with E-state index in [-0.39, 0.29) is 5.91 Å². The largest absolute Gasteiger partial charge is 0.480 e. The molecule has 0 bridgehead atoms. The van der Waals surface area contributed by atoms with E-state index in [9.17, 15) is 14.7 Å². The molecular formula is C17H26N2O3. The van der Waals surface area contributed by atoms with Gasteiger partial charge in [-0.15, -0.1) is 0 Å². The minimum atomic E-state index is -0.843. The Morgan fingerprint density at radius 2 is 1.77 bits per heavy atom. The fraction of sp³-hybridized carbons (Fsp3) is 0.529. The van der Waals surface area contributed by atoms with E-state index in [4.69, 9.17) is 0 Å². The Labute approximate surface area is 132 Å². The van der Waals surface area contributed by atoms with E-state index in [0.29, 0.717) is 19.6 Å². The lowest BCUT2D eigenvalue weighted by atomic mass is 10.1. The topological polar surface area (TPSA) is 69.6 Å². The first-order valence-electron chi connectivity index (χ1n) is 7.73. The van der Waals surface area contributed by atoms with E-state index in [0.717, 1.165) is 12.8 Å². The van der Waals surface area contributed by atoms with E-state index in [1.54, 1.807) is 6.92 Å². The van der Waals surface area contributed by atoms with Crippen molar-refractivity contribution < 1.29 is 14.7 Å². The smallest absolute Gasteiger partial charge is 0.320 e. The molecule has 0 saturated heterocycles. The van der Waals surface area contributed by atoms with Gasteiger partial charge in [0.25, 0.3) is 0 Å². The molecule has 22 heavy (non-hydrogen) atoms. The number of carboxylic acids is 1. The van der Waals surface area contributed by atoms with Crippen LogP contribution in [0.5, 0.6) is 0 Å². The van der Waals surface area contributed by atoms with Crippen LogP contribution < -0.4 is 5.32 Å². The molecule has 2 N–H and O–H groups in total. The van der Waals surface area contributed by atoms with Crippen LogP contribution in [0.2, 0.25) is 0 Å². The molecule has 5 heteroatoms. The summed E-state index contributed by atoms with van der Waals surface area (Å²) in [5, 5.41) is 11.9. The number of aryl methyl sites for hydroxylation is 1. The highest BCUT2D eigenvalue weighted by Crippen LogP contribution is 2.08. The fourth-order valence-electron chi connectivity index (χ4n) is 2.25. The van der Waals surface area contributed by atoms with Gasteiger partial charge in [0, 0.05) is 26.6 Å². The molecule has 0 aliphatic carbocycles. The average molecular weight is 306 g/mol. The van der Waals surface area contributed by atoms with Crippen molar-refractivity contribution in [1.82, 2.24) is 10.2 Å². The summed E-state index contributed by atoms with van der Waals surface area (Å²) < 4.78 is 0. The molecule has 5 nitrogen and oxygen atoms in total.